The number of esters is 1. The monoisotopic (exact) mass is 424 g/mol. The van der Waals surface area contributed by atoms with Gasteiger partial charge in [-0.15, -0.1) is 11.3 Å². The fourth-order valence-electron chi connectivity index (χ4n) is 2.47. The summed E-state index contributed by atoms with van der Waals surface area (Å²) < 4.78 is 16.2. The van der Waals surface area contributed by atoms with Gasteiger partial charge in [0.15, 0.2) is 6.61 Å². The third-order valence-corrected chi connectivity index (χ3v) is 5.69. The quantitative estimate of drug-likeness (QED) is 0.398. The Hall–Kier alpha value is -2.28. The van der Waals surface area contributed by atoms with Gasteiger partial charge in [-0.05, 0) is 24.3 Å². The molecule has 0 radical (unpaired) electrons. The normalized spacial score (nSPS) is 10.7. The number of Topliss-reactive ketones (excluding diaryl/α,β-unsaturated/α-hetero) is 1. The molecule has 2 aromatic carbocycles. The van der Waals surface area contributed by atoms with Crippen molar-refractivity contribution in [2.24, 2.45) is 0 Å². The number of halogens is 2. The number of ether oxygens (including phenoxy) is 3. The fraction of sp³-hybridized carbons (Fsp3) is 0.158. The Bertz CT molecular complexity index is 1030. The molecule has 3 rings (SSSR count). The fourth-order valence-corrected chi connectivity index (χ4v) is 4.15. The van der Waals surface area contributed by atoms with Crippen molar-refractivity contribution >= 4 is 56.4 Å². The first-order valence-electron chi connectivity index (χ1n) is 7.74. The lowest BCUT2D eigenvalue weighted by Crippen LogP contribution is -2.14. The molecule has 0 saturated heterocycles. The van der Waals surface area contributed by atoms with Gasteiger partial charge in [-0.3, -0.25) is 4.79 Å². The second-order valence-electron chi connectivity index (χ2n) is 5.45. The Kier molecular flexibility index (Phi) is 5.89. The van der Waals surface area contributed by atoms with Crippen molar-refractivity contribution in [2.45, 2.75) is 0 Å². The van der Waals surface area contributed by atoms with Crippen molar-refractivity contribution in [2.75, 3.05) is 20.8 Å². The number of benzene rings is 2. The van der Waals surface area contributed by atoms with E-state index in [1.165, 1.54) is 14.2 Å². The second kappa shape index (κ2) is 8.17. The van der Waals surface area contributed by atoms with E-state index in [1.54, 1.807) is 36.4 Å². The molecule has 0 amide bonds. The summed E-state index contributed by atoms with van der Waals surface area (Å²) in [5, 5.41) is 1.54. The topological polar surface area (TPSA) is 61.8 Å². The summed E-state index contributed by atoms with van der Waals surface area (Å²) in [5.74, 6) is -0.178. The van der Waals surface area contributed by atoms with Crippen LogP contribution in [0.4, 0.5) is 0 Å². The molecule has 3 aromatic rings. The molecule has 0 N–H and O–H groups in total. The molecule has 0 bridgehead atoms. The molecule has 0 aliphatic heterocycles. The van der Waals surface area contributed by atoms with Crippen LogP contribution in [0.5, 0.6) is 11.5 Å². The summed E-state index contributed by atoms with van der Waals surface area (Å²) in [6, 6.07) is 9.92. The summed E-state index contributed by atoms with van der Waals surface area (Å²) in [7, 11) is 2.96. The molecule has 8 heteroatoms. The Balaban J connectivity index is 1.76. The van der Waals surface area contributed by atoms with Crippen LogP contribution < -0.4 is 9.47 Å². The standard InChI is InChI=1S/C19H14Cl2O5S/c1-24-11-4-6-12(15(8-11)25-2)14(22)9-26-19(23)18-17(21)13-5-3-10(20)7-16(13)27-18/h3-8H,9H2,1-2H3. The Morgan fingerprint density at radius 2 is 1.81 bits per heavy atom. The van der Waals surface area contributed by atoms with E-state index in [9.17, 15) is 9.59 Å². The zero-order valence-electron chi connectivity index (χ0n) is 14.4. The van der Waals surface area contributed by atoms with E-state index in [1.807, 2.05) is 0 Å². The van der Waals surface area contributed by atoms with E-state index in [4.69, 9.17) is 37.4 Å². The van der Waals surface area contributed by atoms with Crippen LogP contribution in [-0.4, -0.2) is 32.6 Å². The van der Waals surface area contributed by atoms with Crippen molar-refractivity contribution in [3.05, 3.63) is 56.9 Å². The van der Waals surface area contributed by atoms with Gasteiger partial charge in [-0.2, -0.15) is 0 Å². The number of fused-ring (bicyclic) bond motifs is 1. The Morgan fingerprint density at radius 3 is 2.52 bits per heavy atom. The summed E-state index contributed by atoms with van der Waals surface area (Å²) in [5.41, 5.74) is 0.292. The average molecular weight is 425 g/mol. The van der Waals surface area contributed by atoms with Gasteiger partial charge in [0, 0.05) is 21.2 Å². The van der Waals surface area contributed by atoms with Crippen LogP contribution in [0.1, 0.15) is 20.0 Å². The van der Waals surface area contributed by atoms with E-state index < -0.39 is 18.4 Å². The maximum absolute atomic E-state index is 12.4. The van der Waals surface area contributed by atoms with E-state index in [0.717, 1.165) is 16.0 Å². The zero-order chi connectivity index (χ0) is 19.6. The molecule has 0 unspecified atom stereocenters. The zero-order valence-corrected chi connectivity index (χ0v) is 16.7. The molecular formula is C19H14Cl2O5S. The SMILES string of the molecule is COc1ccc(C(=O)COC(=O)c2sc3cc(Cl)ccc3c2Cl)c(OC)c1. The summed E-state index contributed by atoms with van der Waals surface area (Å²) >= 11 is 13.4. The predicted octanol–water partition coefficient (Wildman–Crippen LogP) is 5.27. The van der Waals surface area contributed by atoms with Crippen LogP contribution in [-0.2, 0) is 4.74 Å². The van der Waals surface area contributed by atoms with Crippen LogP contribution in [0.2, 0.25) is 10.0 Å². The van der Waals surface area contributed by atoms with Gasteiger partial charge in [-0.25, -0.2) is 4.79 Å². The molecule has 5 nitrogen and oxygen atoms in total. The summed E-state index contributed by atoms with van der Waals surface area (Å²) in [6.45, 7) is -0.438. The molecule has 0 atom stereocenters. The van der Waals surface area contributed by atoms with E-state index in [2.05, 4.69) is 0 Å². The second-order valence-corrected chi connectivity index (χ2v) is 7.32. The lowest BCUT2D eigenvalue weighted by atomic mass is 10.1. The third kappa shape index (κ3) is 4.03. The minimum absolute atomic E-state index is 0.225. The number of rotatable bonds is 6. The van der Waals surface area contributed by atoms with Gasteiger partial charge in [0.2, 0.25) is 5.78 Å². The first-order valence-corrected chi connectivity index (χ1v) is 9.31. The van der Waals surface area contributed by atoms with E-state index in [0.29, 0.717) is 27.5 Å². The molecule has 27 heavy (non-hydrogen) atoms. The maximum Gasteiger partial charge on any atom is 0.350 e. The molecule has 0 saturated carbocycles. The number of thiophene rings is 1. The number of hydrogen-bond donors (Lipinski definition) is 0. The molecular weight excluding hydrogens is 411 g/mol. The number of hydrogen-bond acceptors (Lipinski definition) is 6. The van der Waals surface area contributed by atoms with Gasteiger partial charge >= 0.3 is 5.97 Å². The molecule has 1 aromatic heterocycles. The Morgan fingerprint density at radius 1 is 1.04 bits per heavy atom. The van der Waals surface area contributed by atoms with Gasteiger partial charge < -0.3 is 14.2 Å². The van der Waals surface area contributed by atoms with Crippen LogP contribution in [0.3, 0.4) is 0 Å². The van der Waals surface area contributed by atoms with Gasteiger partial charge in [0.25, 0.3) is 0 Å². The molecule has 0 aliphatic carbocycles. The minimum atomic E-state index is -0.668. The van der Waals surface area contributed by atoms with Crippen LogP contribution in [0.15, 0.2) is 36.4 Å². The highest BCUT2D eigenvalue weighted by atomic mass is 35.5. The highest BCUT2D eigenvalue weighted by molar-refractivity contribution is 7.21. The maximum atomic E-state index is 12.4. The first kappa shape index (κ1) is 19.5. The Labute approximate surface area is 169 Å². The number of carbonyl (C=O) groups is 2. The van der Waals surface area contributed by atoms with Crippen molar-refractivity contribution in [3.8, 4) is 11.5 Å². The molecule has 140 valence electrons. The van der Waals surface area contributed by atoms with E-state index in [-0.39, 0.29) is 9.90 Å². The molecule has 0 fully saturated rings. The largest absolute Gasteiger partial charge is 0.497 e. The van der Waals surface area contributed by atoms with Crippen LogP contribution in [0, 0.1) is 0 Å². The van der Waals surface area contributed by atoms with Crippen LogP contribution >= 0.6 is 34.5 Å². The molecule has 0 spiro atoms. The van der Waals surface area contributed by atoms with Crippen molar-refractivity contribution < 1.29 is 23.8 Å². The van der Waals surface area contributed by atoms with Crippen LogP contribution in [0.25, 0.3) is 10.1 Å². The van der Waals surface area contributed by atoms with E-state index >= 15 is 0 Å². The van der Waals surface area contributed by atoms with Crippen molar-refractivity contribution in [3.63, 3.8) is 0 Å². The van der Waals surface area contributed by atoms with Crippen molar-refractivity contribution in [1.29, 1.82) is 0 Å². The number of carbonyl (C=O) groups excluding carboxylic acids is 2. The summed E-state index contributed by atoms with van der Waals surface area (Å²) in [4.78, 5) is 25.0. The number of ketones is 1. The van der Waals surface area contributed by atoms with Gasteiger partial charge in [0.1, 0.15) is 16.4 Å². The highest BCUT2D eigenvalue weighted by Gasteiger charge is 2.21. The lowest BCUT2D eigenvalue weighted by Gasteiger charge is -2.09. The minimum Gasteiger partial charge on any atom is -0.497 e. The lowest BCUT2D eigenvalue weighted by molar-refractivity contribution is 0.0479. The van der Waals surface area contributed by atoms with Gasteiger partial charge in [0.05, 0.1) is 24.8 Å². The molecule has 0 aliphatic rings. The smallest absolute Gasteiger partial charge is 0.350 e. The van der Waals surface area contributed by atoms with Gasteiger partial charge in [-0.1, -0.05) is 29.3 Å². The average Bonchev–Trinajstić information content (AvgIpc) is 3.01. The van der Waals surface area contributed by atoms with Crippen molar-refractivity contribution in [1.82, 2.24) is 0 Å². The predicted molar refractivity (Wildman–Crippen MR) is 106 cm³/mol. The number of methoxy groups -OCH3 is 2. The summed E-state index contributed by atoms with van der Waals surface area (Å²) in [6.07, 6.45) is 0. The third-order valence-electron chi connectivity index (χ3n) is 3.82. The highest BCUT2D eigenvalue weighted by Crippen LogP contribution is 2.37. The first-order chi connectivity index (χ1) is 12.9. The molecule has 1 heterocycles.